The van der Waals surface area contributed by atoms with E-state index in [9.17, 15) is 9.59 Å². The van der Waals surface area contributed by atoms with E-state index in [2.05, 4.69) is 10.3 Å². The van der Waals surface area contributed by atoms with Crippen molar-refractivity contribution in [2.45, 2.75) is 32.1 Å². The van der Waals surface area contributed by atoms with Crippen LogP contribution in [-0.2, 0) is 4.79 Å². The van der Waals surface area contributed by atoms with Gasteiger partial charge in [-0.05, 0) is 24.8 Å². The zero-order chi connectivity index (χ0) is 16.9. The normalized spacial score (nSPS) is 15.4. The average molecular weight is 327 g/mol. The molecule has 5 nitrogen and oxygen atoms in total. The lowest BCUT2D eigenvalue weighted by molar-refractivity contribution is -0.121. The van der Waals surface area contributed by atoms with E-state index in [4.69, 9.17) is 0 Å². The minimum Gasteiger partial charge on any atom is -0.360 e. The van der Waals surface area contributed by atoms with Crippen LogP contribution >= 0.6 is 0 Å². The SMILES string of the molecule is CN(CC(=O)NCC1CCCCC1)C(=O)c1c[nH]c2ccccc12. The number of likely N-dealkylation sites (N-methyl/N-ethyl adjacent to an activating group) is 1. The number of benzene rings is 1. The smallest absolute Gasteiger partial charge is 0.256 e. The van der Waals surface area contributed by atoms with Crippen LogP contribution in [0.1, 0.15) is 42.5 Å². The van der Waals surface area contributed by atoms with E-state index in [1.165, 1.54) is 37.0 Å². The monoisotopic (exact) mass is 327 g/mol. The van der Waals surface area contributed by atoms with Gasteiger partial charge in [-0.3, -0.25) is 9.59 Å². The first-order valence-corrected chi connectivity index (χ1v) is 8.73. The lowest BCUT2D eigenvalue weighted by atomic mass is 9.89. The summed E-state index contributed by atoms with van der Waals surface area (Å²) < 4.78 is 0. The van der Waals surface area contributed by atoms with Gasteiger partial charge in [-0.15, -0.1) is 0 Å². The second-order valence-corrected chi connectivity index (χ2v) is 6.72. The van der Waals surface area contributed by atoms with Gasteiger partial charge in [-0.2, -0.15) is 0 Å². The minimum atomic E-state index is -0.139. The van der Waals surface area contributed by atoms with Gasteiger partial charge in [0.2, 0.25) is 5.91 Å². The number of para-hydroxylation sites is 1. The molecule has 5 heteroatoms. The number of amides is 2. The van der Waals surface area contributed by atoms with Gasteiger partial charge in [0.15, 0.2) is 0 Å². The predicted octanol–water partition coefficient (Wildman–Crippen LogP) is 2.94. The number of carbonyl (C=O) groups is 2. The van der Waals surface area contributed by atoms with Crippen molar-refractivity contribution in [1.82, 2.24) is 15.2 Å². The van der Waals surface area contributed by atoms with Crippen molar-refractivity contribution in [2.75, 3.05) is 20.1 Å². The third kappa shape index (κ3) is 3.78. The molecule has 128 valence electrons. The molecule has 2 aromatic rings. The maximum atomic E-state index is 12.6. The Balaban J connectivity index is 1.54. The highest BCUT2D eigenvalue weighted by atomic mass is 16.2. The molecule has 1 fully saturated rings. The largest absolute Gasteiger partial charge is 0.360 e. The molecule has 0 spiro atoms. The molecule has 0 radical (unpaired) electrons. The van der Waals surface area contributed by atoms with E-state index in [0.29, 0.717) is 11.5 Å². The van der Waals surface area contributed by atoms with Crippen molar-refractivity contribution in [3.8, 4) is 0 Å². The summed E-state index contributed by atoms with van der Waals surface area (Å²) in [5.74, 6) is 0.369. The predicted molar refractivity (Wildman–Crippen MR) is 94.8 cm³/mol. The lowest BCUT2D eigenvalue weighted by Gasteiger charge is -2.22. The molecule has 2 amide bonds. The quantitative estimate of drug-likeness (QED) is 0.887. The van der Waals surface area contributed by atoms with Crippen molar-refractivity contribution in [3.63, 3.8) is 0 Å². The molecule has 2 N–H and O–H groups in total. The Morgan fingerprint density at radius 3 is 2.75 bits per heavy atom. The minimum absolute atomic E-state index is 0.0868. The summed E-state index contributed by atoms with van der Waals surface area (Å²) >= 11 is 0. The fourth-order valence-corrected chi connectivity index (χ4v) is 3.45. The third-order valence-corrected chi connectivity index (χ3v) is 4.86. The Kier molecular flexibility index (Phi) is 5.18. The van der Waals surface area contributed by atoms with E-state index >= 15 is 0 Å². The number of rotatable bonds is 5. The summed E-state index contributed by atoms with van der Waals surface area (Å²) in [6, 6.07) is 7.68. The van der Waals surface area contributed by atoms with E-state index in [0.717, 1.165) is 17.4 Å². The summed E-state index contributed by atoms with van der Waals surface area (Å²) in [4.78, 5) is 29.3. The highest BCUT2D eigenvalue weighted by molar-refractivity contribution is 6.07. The van der Waals surface area contributed by atoms with Gasteiger partial charge in [0.05, 0.1) is 12.1 Å². The van der Waals surface area contributed by atoms with Gasteiger partial charge in [-0.1, -0.05) is 37.5 Å². The molecular formula is C19H25N3O2. The van der Waals surface area contributed by atoms with Crippen LogP contribution in [-0.4, -0.2) is 41.8 Å². The van der Waals surface area contributed by atoms with Crippen LogP contribution in [0.25, 0.3) is 10.9 Å². The van der Waals surface area contributed by atoms with E-state index in [1.807, 2.05) is 24.3 Å². The van der Waals surface area contributed by atoms with Crippen LogP contribution in [0, 0.1) is 5.92 Å². The van der Waals surface area contributed by atoms with E-state index in [1.54, 1.807) is 13.2 Å². The number of fused-ring (bicyclic) bond motifs is 1. The Labute approximate surface area is 142 Å². The summed E-state index contributed by atoms with van der Waals surface area (Å²) in [7, 11) is 1.67. The molecule has 1 saturated carbocycles. The van der Waals surface area contributed by atoms with Crippen molar-refractivity contribution in [1.29, 1.82) is 0 Å². The van der Waals surface area contributed by atoms with Gasteiger partial charge >= 0.3 is 0 Å². The molecule has 24 heavy (non-hydrogen) atoms. The standard InChI is InChI=1S/C19H25N3O2/c1-22(13-18(23)21-11-14-7-3-2-4-8-14)19(24)16-12-20-17-10-6-5-9-15(16)17/h5-6,9-10,12,14,20H,2-4,7-8,11,13H2,1H3,(H,21,23). The zero-order valence-electron chi connectivity index (χ0n) is 14.2. The highest BCUT2D eigenvalue weighted by Gasteiger charge is 2.19. The molecule has 1 aromatic carbocycles. The molecule has 1 aliphatic rings. The summed E-state index contributed by atoms with van der Waals surface area (Å²) in [6.07, 6.45) is 7.95. The molecule has 1 heterocycles. The first-order chi connectivity index (χ1) is 11.6. The van der Waals surface area contributed by atoms with Gasteiger partial charge in [-0.25, -0.2) is 0 Å². The van der Waals surface area contributed by atoms with Crippen molar-refractivity contribution < 1.29 is 9.59 Å². The number of carbonyl (C=O) groups excluding carboxylic acids is 2. The zero-order valence-corrected chi connectivity index (χ0v) is 14.2. The van der Waals surface area contributed by atoms with Crippen LogP contribution in [0.5, 0.6) is 0 Å². The number of H-pyrrole nitrogens is 1. The number of nitrogens with zero attached hydrogens (tertiary/aromatic N) is 1. The first-order valence-electron chi connectivity index (χ1n) is 8.73. The van der Waals surface area contributed by atoms with Gasteiger partial charge in [0.25, 0.3) is 5.91 Å². The molecule has 0 atom stereocenters. The number of hydrogen-bond donors (Lipinski definition) is 2. The molecule has 0 aliphatic heterocycles. The number of hydrogen-bond acceptors (Lipinski definition) is 2. The fourth-order valence-electron chi connectivity index (χ4n) is 3.45. The Bertz CT molecular complexity index is 716. The Morgan fingerprint density at radius 2 is 1.96 bits per heavy atom. The summed E-state index contributed by atoms with van der Waals surface area (Å²) in [6.45, 7) is 0.818. The molecule has 0 bridgehead atoms. The van der Waals surface area contributed by atoms with Crippen LogP contribution in [0.3, 0.4) is 0 Å². The van der Waals surface area contributed by atoms with Crippen LogP contribution in [0.15, 0.2) is 30.5 Å². The topological polar surface area (TPSA) is 65.2 Å². The first kappa shape index (κ1) is 16.6. The highest BCUT2D eigenvalue weighted by Crippen LogP contribution is 2.22. The lowest BCUT2D eigenvalue weighted by Crippen LogP contribution is -2.40. The van der Waals surface area contributed by atoms with Gasteiger partial charge in [0, 0.05) is 30.7 Å². The summed E-state index contributed by atoms with van der Waals surface area (Å²) in [5.41, 5.74) is 1.53. The average Bonchev–Trinajstić information content (AvgIpc) is 3.04. The molecule has 1 aliphatic carbocycles. The molecule has 1 aromatic heterocycles. The molecule has 0 unspecified atom stereocenters. The van der Waals surface area contributed by atoms with Gasteiger partial charge in [0.1, 0.15) is 0 Å². The summed E-state index contributed by atoms with van der Waals surface area (Å²) in [5, 5.41) is 3.87. The molecule has 0 saturated heterocycles. The van der Waals surface area contributed by atoms with Crippen LogP contribution < -0.4 is 5.32 Å². The number of aromatic amines is 1. The van der Waals surface area contributed by atoms with Crippen molar-refractivity contribution >= 4 is 22.7 Å². The van der Waals surface area contributed by atoms with Gasteiger partial charge < -0.3 is 15.2 Å². The maximum absolute atomic E-state index is 12.6. The van der Waals surface area contributed by atoms with Crippen LogP contribution in [0.4, 0.5) is 0 Å². The molecule has 3 rings (SSSR count). The number of aromatic nitrogens is 1. The van der Waals surface area contributed by atoms with E-state index < -0.39 is 0 Å². The third-order valence-electron chi connectivity index (χ3n) is 4.86. The molecular weight excluding hydrogens is 302 g/mol. The Morgan fingerprint density at radius 1 is 1.21 bits per heavy atom. The second-order valence-electron chi connectivity index (χ2n) is 6.72. The van der Waals surface area contributed by atoms with Crippen molar-refractivity contribution in [2.24, 2.45) is 5.92 Å². The maximum Gasteiger partial charge on any atom is 0.256 e. The van der Waals surface area contributed by atoms with Crippen molar-refractivity contribution in [3.05, 3.63) is 36.0 Å². The fraction of sp³-hybridized carbons (Fsp3) is 0.474. The van der Waals surface area contributed by atoms with E-state index in [-0.39, 0.29) is 18.4 Å². The van der Waals surface area contributed by atoms with Crippen LogP contribution in [0.2, 0.25) is 0 Å². The Hall–Kier alpha value is -2.30. The second kappa shape index (κ2) is 7.51. The number of nitrogens with one attached hydrogen (secondary N) is 2.